The van der Waals surface area contributed by atoms with Crippen molar-refractivity contribution in [2.45, 2.75) is 45.1 Å². The lowest BCUT2D eigenvalue weighted by Gasteiger charge is -2.35. The van der Waals surface area contributed by atoms with E-state index in [1.54, 1.807) is 12.4 Å². The van der Waals surface area contributed by atoms with E-state index in [-0.39, 0.29) is 5.78 Å². The Kier molecular flexibility index (Phi) is 6.26. The number of nitrogens with zero attached hydrogens (tertiary/aromatic N) is 4. The van der Waals surface area contributed by atoms with Crippen molar-refractivity contribution in [1.82, 2.24) is 14.9 Å². The highest BCUT2D eigenvalue weighted by Gasteiger charge is 2.30. The summed E-state index contributed by atoms with van der Waals surface area (Å²) in [6.07, 6.45) is 8.55. The second kappa shape index (κ2) is 9.45. The number of fused-ring (bicyclic) bond motifs is 1. The van der Waals surface area contributed by atoms with Crippen LogP contribution in [-0.2, 0) is 0 Å². The number of likely N-dealkylation sites (tertiary alicyclic amines) is 1. The number of anilines is 1. The summed E-state index contributed by atoms with van der Waals surface area (Å²) in [7, 11) is 0. The second-order valence-corrected chi connectivity index (χ2v) is 9.03. The number of aromatic nitrogens is 2. The zero-order valence-electron chi connectivity index (χ0n) is 18.8. The molecule has 0 N–H and O–H groups in total. The van der Waals surface area contributed by atoms with E-state index in [1.807, 2.05) is 6.92 Å². The highest BCUT2D eigenvalue weighted by atomic mass is 16.6. The molecule has 2 saturated heterocycles. The predicted octanol–water partition coefficient (Wildman–Crippen LogP) is 3.89. The fraction of sp³-hybridized carbons (Fsp3) is 0.560. The number of carbonyl (C=O) groups excluding carboxylic acids is 1. The topological polar surface area (TPSA) is 67.8 Å². The molecule has 1 atom stereocenters. The van der Waals surface area contributed by atoms with Crippen LogP contribution < -0.4 is 14.4 Å². The lowest BCUT2D eigenvalue weighted by atomic mass is 9.95. The molecule has 0 unspecified atom stereocenters. The van der Waals surface area contributed by atoms with Gasteiger partial charge in [-0.1, -0.05) is 13.0 Å². The third-order valence-corrected chi connectivity index (χ3v) is 6.99. The van der Waals surface area contributed by atoms with E-state index in [0.29, 0.717) is 37.2 Å². The van der Waals surface area contributed by atoms with E-state index < -0.39 is 0 Å². The molecule has 7 heteroatoms. The lowest BCUT2D eigenvalue weighted by molar-refractivity contribution is 0.0987. The van der Waals surface area contributed by atoms with Gasteiger partial charge in [0.2, 0.25) is 5.95 Å². The average Bonchev–Trinajstić information content (AvgIpc) is 3.32. The summed E-state index contributed by atoms with van der Waals surface area (Å²) in [5, 5.41) is 0. The molecule has 4 heterocycles. The molecule has 170 valence electrons. The molecule has 0 spiro atoms. The van der Waals surface area contributed by atoms with Crippen molar-refractivity contribution in [3.63, 3.8) is 0 Å². The minimum Gasteiger partial charge on any atom is -0.486 e. The largest absolute Gasteiger partial charge is 0.486 e. The number of hydrogen-bond donors (Lipinski definition) is 0. The van der Waals surface area contributed by atoms with E-state index in [9.17, 15) is 4.79 Å². The maximum Gasteiger partial charge on any atom is 0.225 e. The van der Waals surface area contributed by atoms with Crippen LogP contribution in [0.2, 0.25) is 0 Å². The molecule has 5 rings (SSSR count). The molecular weight excluding hydrogens is 404 g/mol. The molecule has 2 aromatic rings. The van der Waals surface area contributed by atoms with Crippen LogP contribution >= 0.6 is 0 Å². The first-order valence-electron chi connectivity index (χ1n) is 11.9. The van der Waals surface area contributed by atoms with Crippen molar-refractivity contribution >= 4 is 11.7 Å². The number of ether oxygens (including phenoxy) is 2. The van der Waals surface area contributed by atoms with Gasteiger partial charge < -0.3 is 14.4 Å². The van der Waals surface area contributed by atoms with Crippen LogP contribution in [0.3, 0.4) is 0 Å². The maximum atomic E-state index is 11.8. The van der Waals surface area contributed by atoms with Crippen molar-refractivity contribution < 1.29 is 14.3 Å². The summed E-state index contributed by atoms with van der Waals surface area (Å²) in [5.74, 6) is 3.27. The van der Waals surface area contributed by atoms with E-state index in [0.717, 1.165) is 56.5 Å². The van der Waals surface area contributed by atoms with E-state index in [2.05, 4.69) is 38.0 Å². The molecule has 0 bridgehead atoms. The quantitative estimate of drug-likeness (QED) is 0.636. The Labute approximate surface area is 189 Å². The van der Waals surface area contributed by atoms with Gasteiger partial charge in [0, 0.05) is 44.5 Å². The van der Waals surface area contributed by atoms with Gasteiger partial charge in [0.05, 0.1) is 5.56 Å². The number of benzene rings is 1. The Bertz CT molecular complexity index is 941. The van der Waals surface area contributed by atoms with Crippen molar-refractivity contribution in [2.24, 2.45) is 5.92 Å². The van der Waals surface area contributed by atoms with Gasteiger partial charge in [0.15, 0.2) is 17.3 Å². The first-order valence-corrected chi connectivity index (χ1v) is 11.9. The SMILES string of the molecule is CCC(=O)c1cnc(N2CCC(CN3CCC[C@@H]3c3ccc4c(c3)OCCO4)CC2)nc1. The number of piperidine rings is 1. The van der Waals surface area contributed by atoms with Gasteiger partial charge in [-0.25, -0.2) is 9.97 Å². The number of carbonyl (C=O) groups is 1. The molecule has 0 amide bonds. The third kappa shape index (κ3) is 4.44. The molecule has 3 aliphatic heterocycles. The summed E-state index contributed by atoms with van der Waals surface area (Å²) in [4.78, 5) is 25.6. The number of rotatable bonds is 6. The third-order valence-electron chi connectivity index (χ3n) is 6.99. The van der Waals surface area contributed by atoms with Crippen molar-refractivity contribution in [3.05, 3.63) is 41.7 Å². The number of ketones is 1. The average molecular weight is 437 g/mol. The van der Waals surface area contributed by atoms with Crippen LogP contribution in [0.5, 0.6) is 11.5 Å². The Hall–Kier alpha value is -2.67. The molecular formula is C25H32N4O3. The summed E-state index contributed by atoms with van der Waals surface area (Å²) < 4.78 is 11.5. The van der Waals surface area contributed by atoms with Crippen LogP contribution in [0.25, 0.3) is 0 Å². The van der Waals surface area contributed by atoms with E-state index in [1.165, 1.54) is 18.4 Å². The van der Waals surface area contributed by atoms with Gasteiger partial charge in [0.25, 0.3) is 0 Å². The lowest BCUT2D eigenvalue weighted by Crippen LogP contribution is -2.39. The molecule has 2 fully saturated rings. The van der Waals surface area contributed by atoms with Crippen LogP contribution in [0.15, 0.2) is 30.6 Å². The minimum atomic E-state index is 0.0911. The van der Waals surface area contributed by atoms with Gasteiger partial charge in [-0.3, -0.25) is 9.69 Å². The Morgan fingerprint density at radius 2 is 1.78 bits per heavy atom. The summed E-state index contributed by atoms with van der Waals surface area (Å²) in [5.41, 5.74) is 1.95. The van der Waals surface area contributed by atoms with Crippen LogP contribution in [0.1, 0.15) is 61.0 Å². The Morgan fingerprint density at radius 3 is 2.53 bits per heavy atom. The molecule has 1 aromatic heterocycles. The van der Waals surface area contributed by atoms with Crippen LogP contribution in [0, 0.1) is 5.92 Å². The fourth-order valence-electron chi connectivity index (χ4n) is 5.17. The smallest absolute Gasteiger partial charge is 0.225 e. The highest BCUT2D eigenvalue weighted by Crippen LogP contribution is 2.39. The Morgan fingerprint density at radius 1 is 1.03 bits per heavy atom. The number of Topliss-reactive ketones (excluding diaryl/α,β-unsaturated/α-hetero) is 1. The summed E-state index contributed by atoms with van der Waals surface area (Å²) in [6, 6.07) is 6.93. The highest BCUT2D eigenvalue weighted by molar-refractivity contribution is 5.95. The summed E-state index contributed by atoms with van der Waals surface area (Å²) >= 11 is 0. The molecule has 1 aromatic carbocycles. The standard InChI is InChI=1S/C25H32N4O3/c1-2-22(30)20-15-26-25(27-16-20)28-10-7-18(8-11-28)17-29-9-3-4-21(29)19-5-6-23-24(14-19)32-13-12-31-23/h5-6,14-16,18,21H,2-4,7-13,17H2,1H3/t21-/m1/s1. The Balaban J connectivity index is 1.17. The fourth-order valence-corrected chi connectivity index (χ4v) is 5.17. The summed E-state index contributed by atoms with van der Waals surface area (Å²) in [6.45, 7) is 7.35. The predicted molar refractivity (Wildman–Crippen MR) is 123 cm³/mol. The van der Waals surface area contributed by atoms with E-state index in [4.69, 9.17) is 9.47 Å². The normalized spacial score (nSPS) is 21.7. The van der Waals surface area contributed by atoms with Gasteiger partial charge in [-0.05, 0) is 55.8 Å². The van der Waals surface area contributed by atoms with Crippen molar-refractivity contribution in [2.75, 3.05) is 44.3 Å². The minimum absolute atomic E-state index is 0.0911. The van der Waals surface area contributed by atoms with Gasteiger partial charge >= 0.3 is 0 Å². The second-order valence-electron chi connectivity index (χ2n) is 9.03. The first kappa shape index (κ1) is 21.2. The van der Waals surface area contributed by atoms with Crippen molar-refractivity contribution in [1.29, 1.82) is 0 Å². The molecule has 32 heavy (non-hydrogen) atoms. The molecule has 0 aliphatic carbocycles. The van der Waals surface area contributed by atoms with Crippen LogP contribution in [-0.4, -0.2) is 60.0 Å². The molecule has 3 aliphatic rings. The monoisotopic (exact) mass is 436 g/mol. The van der Waals surface area contributed by atoms with Gasteiger partial charge in [-0.2, -0.15) is 0 Å². The van der Waals surface area contributed by atoms with Gasteiger partial charge in [-0.15, -0.1) is 0 Å². The molecule has 7 nitrogen and oxygen atoms in total. The van der Waals surface area contributed by atoms with Crippen LogP contribution in [0.4, 0.5) is 5.95 Å². The van der Waals surface area contributed by atoms with Crippen molar-refractivity contribution in [3.8, 4) is 11.5 Å². The zero-order chi connectivity index (χ0) is 21.9. The zero-order valence-corrected chi connectivity index (χ0v) is 18.8. The molecule has 0 saturated carbocycles. The van der Waals surface area contributed by atoms with Gasteiger partial charge in [0.1, 0.15) is 13.2 Å². The van der Waals surface area contributed by atoms with E-state index >= 15 is 0 Å². The first-order chi connectivity index (χ1) is 15.7. The molecule has 0 radical (unpaired) electrons. The maximum absolute atomic E-state index is 11.8. The number of hydrogen-bond acceptors (Lipinski definition) is 7.